The van der Waals surface area contributed by atoms with Gasteiger partial charge in [0.2, 0.25) is 0 Å². The molecule has 0 unspecified atom stereocenters. The third-order valence-corrected chi connectivity index (χ3v) is 5.26. The van der Waals surface area contributed by atoms with Crippen LogP contribution in [0.25, 0.3) is 11.0 Å². The maximum atomic E-state index is 13.1. The summed E-state index contributed by atoms with van der Waals surface area (Å²) in [5, 5.41) is 7.29. The molecule has 1 saturated heterocycles. The number of para-hydroxylation sites is 2. The van der Waals surface area contributed by atoms with Gasteiger partial charge in [-0.1, -0.05) is 18.2 Å². The molecule has 7 nitrogen and oxygen atoms in total. The van der Waals surface area contributed by atoms with Gasteiger partial charge in [-0.15, -0.1) is 0 Å². The molecular weight excluding hydrogens is 352 g/mol. The molecule has 0 spiro atoms. The summed E-state index contributed by atoms with van der Waals surface area (Å²) in [6, 6.07) is 15.7. The molecular formula is C21H20N6O. The first-order valence-electron chi connectivity index (χ1n) is 9.45. The summed E-state index contributed by atoms with van der Waals surface area (Å²) in [5.41, 5.74) is 4.27. The average Bonchev–Trinajstić information content (AvgIpc) is 3.49. The summed E-state index contributed by atoms with van der Waals surface area (Å²) in [6.45, 7) is 1.32. The molecule has 0 saturated carbocycles. The number of nitrogens with one attached hydrogen (secondary N) is 1. The van der Waals surface area contributed by atoms with Gasteiger partial charge >= 0.3 is 0 Å². The second-order valence-electron chi connectivity index (χ2n) is 7.05. The van der Waals surface area contributed by atoms with Crippen molar-refractivity contribution in [2.45, 2.75) is 25.4 Å². The molecule has 1 amide bonds. The maximum absolute atomic E-state index is 13.1. The standard InChI is InChI=1S/C21H20N6O/c28-21(27-11-5-9-20(27)17-7-3-4-10-22-17)18-12-15(24-25-18)13-26-14-23-16-6-1-2-8-19(16)26/h1-4,6-8,10,12,14,20H,5,9,11,13H2,(H,24,25)/t20-/m1/s1. The summed E-state index contributed by atoms with van der Waals surface area (Å²) < 4.78 is 2.05. The lowest BCUT2D eigenvalue weighted by molar-refractivity contribution is 0.0727. The van der Waals surface area contributed by atoms with E-state index in [1.165, 1.54) is 0 Å². The maximum Gasteiger partial charge on any atom is 0.274 e. The fourth-order valence-electron chi connectivity index (χ4n) is 3.91. The van der Waals surface area contributed by atoms with Crippen LogP contribution in [-0.2, 0) is 6.54 Å². The van der Waals surface area contributed by atoms with E-state index in [9.17, 15) is 4.79 Å². The van der Waals surface area contributed by atoms with Crippen LogP contribution in [0.5, 0.6) is 0 Å². The topological polar surface area (TPSA) is 79.7 Å². The molecule has 1 atom stereocenters. The van der Waals surface area contributed by atoms with Crippen LogP contribution in [0.3, 0.4) is 0 Å². The molecule has 1 aromatic carbocycles. The second-order valence-corrected chi connectivity index (χ2v) is 7.05. The molecule has 1 fully saturated rings. The van der Waals surface area contributed by atoms with E-state index >= 15 is 0 Å². The van der Waals surface area contributed by atoms with Crippen LogP contribution in [-0.4, -0.2) is 42.1 Å². The Kier molecular flexibility index (Phi) is 4.12. The number of benzene rings is 1. The Hall–Kier alpha value is -3.48. The van der Waals surface area contributed by atoms with E-state index in [0.29, 0.717) is 12.2 Å². The molecule has 4 heterocycles. The minimum atomic E-state index is -0.0499. The van der Waals surface area contributed by atoms with E-state index in [1.807, 2.05) is 64.3 Å². The first-order chi connectivity index (χ1) is 13.8. The number of fused-ring (bicyclic) bond motifs is 1. The highest BCUT2D eigenvalue weighted by atomic mass is 16.2. The lowest BCUT2D eigenvalue weighted by Crippen LogP contribution is -2.31. The van der Waals surface area contributed by atoms with Gasteiger partial charge in [-0.25, -0.2) is 4.98 Å². The highest BCUT2D eigenvalue weighted by molar-refractivity contribution is 5.92. The minimum absolute atomic E-state index is 0.0199. The van der Waals surface area contributed by atoms with Crippen LogP contribution < -0.4 is 0 Å². The number of carbonyl (C=O) groups excluding carboxylic acids is 1. The number of carbonyl (C=O) groups is 1. The summed E-state index contributed by atoms with van der Waals surface area (Å²) in [5.74, 6) is -0.0499. The molecule has 4 aromatic rings. The Morgan fingerprint density at radius 3 is 2.93 bits per heavy atom. The fourth-order valence-corrected chi connectivity index (χ4v) is 3.91. The molecule has 7 heteroatoms. The van der Waals surface area contributed by atoms with Crippen LogP contribution in [0.1, 0.15) is 40.8 Å². The van der Waals surface area contributed by atoms with Gasteiger partial charge in [0.25, 0.3) is 5.91 Å². The van der Waals surface area contributed by atoms with Crippen LogP contribution in [0.2, 0.25) is 0 Å². The number of hydrogen-bond donors (Lipinski definition) is 1. The van der Waals surface area contributed by atoms with Gasteiger partial charge in [0.15, 0.2) is 0 Å². The number of rotatable bonds is 4. The smallest absolute Gasteiger partial charge is 0.274 e. The number of H-pyrrole nitrogens is 1. The lowest BCUT2D eigenvalue weighted by atomic mass is 10.1. The van der Waals surface area contributed by atoms with E-state index in [1.54, 1.807) is 6.20 Å². The molecule has 1 aliphatic rings. The molecule has 140 valence electrons. The first kappa shape index (κ1) is 16.7. The van der Waals surface area contributed by atoms with Crippen molar-refractivity contribution in [3.05, 3.63) is 78.1 Å². The summed E-state index contributed by atoms with van der Waals surface area (Å²) in [4.78, 5) is 23.8. The molecule has 0 aliphatic carbocycles. The molecule has 0 bridgehead atoms. The minimum Gasteiger partial charge on any atom is -0.329 e. The van der Waals surface area contributed by atoms with Gasteiger partial charge in [-0.2, -0.15) is 5.10 Å². The molecule has 0 radical (unpaired) electrons. The average molecular weight is 372 g/mol. The largest absolute Gasteiger partial charge is 0.329 e. The van der Waals surface area contributed by atoms with Crippen molar-refractivity contribution in [2.24, 2.45) is 0 Å². The van der Waals surface area contributed by atoms with Gasteiger partial charge in [0.05, 0.1) is 41.3 Å². The van der Waals surface area contributed by atoms with Crippen molar-refractivity contribution in [2.75, 3.05) is 6.54 Å². The van der Waals surface area contributed by atoms with Gasteiger partial charge in [-0.05, 0) is 43.2 Å². The van der Waals surface area contributed by atoms with Crippen LogP contribution in [0, 0.1) is 0 Å². The number of imidazole rings is 1. The van der Waals surface area contributed by atoms with Crippen LogP contribution in [0.15, 0.2) is 61.1 Å². The van der Waals surface area contributed by atoms with Gasteiger partial charge in [0.1, 0.15) is 5.69 Å². The predicted molar refractivity (Wildman–Crippen MR) is 105 cm³/mol. The third kappa shape index (κ3) is 2.94. The van der Waals surface area contributed by atoms with E-state index in [0.717, 1.165) is 41.8 Å². The number of hydrogen-bond acceptors (Lipinski definition) is 4. The van der Waals surface area contributed by atoms with Gasteiger partial charge in [0, 0.05) is 12.7 Å². The Morgan fingerprint density at radius 2 is 2.04 bits per heavy atom. The monoisotopic (exact) mass is 372 g/mol. The van der Waals surface area contributed by atoms with Crippen molar-refractivity contribution in [3.8, 4) is 0 Å². The Morgan fingerprint density at radius 1 is 1.14 bits per heavy atom. The first-order valence-corrected chi connectivity index (χ1v) is 9.45. The zero-order valence-corrected chi connectivity index (χ0v) is 15.3. The highest BCUT2D eigenvalue weighted by Gasteiger charge is 2.32. The number of aromatic nitrogens is 5. The number of nitrogens with zero attached hydrogens (tertiary/aromatic N) is 5. The third-order valence-electron chi connectivity index (χ3n) is 5.26. The van der Waals surface area contributed by atoms with Crippen LogP contribution >= 0.6 is 0 Å². The quantitative estimate of drug-likeness (QED) is 0.597. The normalized spacial score (nSPS) is 16.7. The zero-order valence-electron chi connectivity index (χ0n) is 15.3. The number of likely N-dealkylation sites (tertiary alicyclic amines) is 1. The van der Waals surface area contributed by atoms with Crippen molar-refractivity contribution in [1.29, 1.82) is 0 Å². The zero-order chi connectivity index (χ0) is 18.9. The van der Waals surface area contributed by atoms with Crippen molar-refractivity contribution in [1.82, 2.24) is 29.6 Å². The predicted octanol–water partition coefficient (Wildman–Crippen LogP) is 3.18. The Balaban J connectivity index is 1.36. The summed E-state index contributed by atoms with van der Waals surface area (Å²) >= 11 is 0. The van der Waals surface area contributed by atoms with Gasteiger partial charge < -0.3 is 9.47 Å². The highest BCUT2D eigenvalue weighted by Crippen LogP contribution is 2.31. The molecule has 1 aliphatic heterocycles. The molecule has 3 aromatic heterocycles. The van der Waals surface area contributed by atoms with E-state index in [4.69, 9.17) is 0 Å². The fraction of sp³-hybridized carbons (Fsp3) is 0.238. The molecule has 5 rings (SSSR count). The van der Waals surface area contributed by atoms with E-state index in [2.05, 4.69) is 20.2 Å². The van der Waals surface area contributed by atoms with Crippen molar-refractivity contribution >= 4 is 16.9 Å². The molecule has 28 heavy (non-hydrogen) atoms. The lowest BCUT2D eigenvalue weighted by Gasteiger charge is -2.23. The summed E-state index contributed by atoms with van der Waals surface area (Å²) in [6.07, 6.45) is 5.50. The van der Waals surface area contributed by atoms with E-state index < -0.39 is 0 Å². The molecule has 1 N–H and O–H groups in total. The Labute approximate surface area is 162 Å². The number of pyridine rings is 1. The van der Waals surface area contributed by atoms with E-state index in [-0.39, 0.29) is 11.9 Å². The summed E-state index contributed by atoms with van der Waals surface area (Å²) in [7, 11) is 0. The Bertz CT molecular complexity index is 1120. The number of amides is 1. The second kappa shape index (κ2) is 6.92. The SMILES string of the molecule is O=C(c1cc(Cn2cnc3ccccc32)[nH]n1)N1CCC[C@@H]1c1ccccn1. The van der Waals surface area contributed by atoms with Crippen LogP contribution in [0.4, 0.5) is 0 Å². The van der Waals surface area contributed by atoms with Crippen molar-refractivity contribution < 1.29 is 4.79 Å². The van der Waals surface area contributed by atoms with Crippen molar-refractivity contribution in [3.63, 3.8) is 0 Å². The van der Waals surface area contributed by atoms with Gasteiger partial charge in [-0.3, -0.25) is 14.9 Å². The number of aromatic amines is 1.